The van der Waals surface area contributed by atoms with Crippen LogP contribution < -0.4 is 4.90 Å². The third-order valence-corrected chi connectivity index (χ3v) is 7.19. The lowest BCUT2D eigenvalue weighted by atomic mass is 10.1. The predicted molar refractivity (Wildman–Crippen MR) is 125 cm³/mol. The molecule has 0 atom stereocenters. The SMILES string of the molecule is CCn1c(SCC(=O)N2CCN(c3ccc(C(C)=O)cc3)CC2)nnc1-c1cccs1. The quantitative estimate of drug-likeness (QED) is 0.400. The first-order valence-electron chi connectivity index (χ1n) is 10.3. The summed E-state index contributed by atoms with van der Waals surface area (Å²) >= 11 is 3.09. The van der Waals surface area contributed by atoms with E-state index in [4.69, 9.17) is 0 Å². The Morgan fingerprint density at radius 2 is 1.81 bits per heavy atom. The predicted octanol–water partition coefficient (Wildman–Crippen LogP) is 3.67. The third kappa shape index (κ3) is 4.83. The highest BCUT2D eigenvalue weighted by Crippen LogP contribution is 2.27. The highest BCUT2D eigenvalue weighted by atomic mass is 32.2. The number of benzene rings is 1. The first kappa shape index (κ1) is 21.6. The molecule has 0 bridgehead atoms. The Bertz CT molecular complexity index is 1040. The van der Waals surface area contributed by atoms with Gasteiger partial charge in [0.05, 0.1) is 10.6 Å². The van der Waals surface area contributed by atoms with Gasteiger partial charge < -0.3 is 14.4 Å². The van der Waals surface area contributed by atoms with Crippen LogP contribution in [0, 0.1) is 0 Å². The fourth-order valence-electron chi connectivity index (χ4n) is 3.61. The molecule has 9 heteroatoms. The number of Topliss-reactive ketones (excluding diaryl/α,β-unsaturated/α-hetero) is 1. The van der Waals surface area contributed by atoms with Crippen LogP contribution in [0.25, 0.3) is 10.7 Å². The van der Waals surface area contributed by atoms with Crippen LogP contribution in [0.5, 0.6) is 0 Å². The van der Waals surface area contributed by atoms with Crippen molar-refractivity contribution in [3.8, 4) is 10.7 Å². The fourth-order valence-corrected chi connectivity index (χ4v) is 5.23. The molecule has 0 unspecified atom stereocenters. The van der Waals surface area contributed by atoms with Crippen molar-refractivity contribution in [2.24, 2.45) is 0 Å². The van der Waals surface area contributed by atoms with E-state index in [2.05, 4.69) is 26.6 Å². The van der Waals surface area contributed by atoms with Gasteiger partial charge in [-0.2, -0.15) is 0 Å². The Kier molecular flexibility index (Phi) is 6.72. The normalized spacial score (nSPS) is 14.1. The first-order valence-corrected chi connectivity index (χ1v) is 12.2. The number of amides is 1. The minimum Gasteiger partial charge on any atom is -0.368 e. The van der Waals surface area contributed by atoms with E-state index in [1.165, 1.54) is 11.8 Å². The van der Waals surface area contributed by atoms with Crippen molar-refractivity contribution in [3.05, 3.63) is 47.3 Å². The molecule has 0 spiro atoms. The number of thioether (sulfide) groups is 1. The van der Waals surface area contributed by atoms with E-state index in [0.717, 1.165) is 46.7 Å². The average Bonchev–Trinajstić information content (AvgIpc) is 3.47. The summed E-state index contributed by atoms with van der Waals surface area (Å²) < 4.78 is 2.06. The lowest BCUT2D eigenvalue weighted by Gasteiger charge is -2.36. The Hall–Kier alpha value is -2.65. The lowest BCUT2D eigenvalue weighted by Crippen LogP contribution is -2.49. The van der Waals surface area contributed by atoms with E-state index < -0.39 is 0 Å². The van der Waals surface area contributed by atoms with E-state index in [1.807, 2.05) is 46.7 Å². The van der Waals surface area contributed by atoms with E-state index in [9.17, 15) is 9.59 Å². The van der Waals surface area contributed by atoms with Gasteiger partial charge in [-0.3, -0.25) is 9.59 Å². The summed E-state index contributed by atoms with van der Waals surface area (Å²) in [6, 6.07) is 11.7. The molecule has 2 aromatic heterocycles. The molecule has 0 aliphatic carbocycles. The van der Waals surface area contributed by atoms with Crippen LogP contribution in [0.1, 0.15) is 24.2 Å². The van der Waals surface area contributed by atoms with Crippen molar-refractivity contribution in [2.75, 3.05) is 36.8 Å². The zero-order valence-electron chi connectivity index (χ0n) is 17.7. The third-order valence-electron chi connectivity index (χ3n) is 5.37. The van der Waals surface area contributed by atoms with Crippen molar-refractivity contribution in [3.63, 3.8) is 0 Å². The molecular formula is C22H25N5O2S2. The van der Waals surface area contributed by atoms with Crippen LogP contribution in [0.2, 0.25) is 0 Å². The van der Waals surface area contributed by atoms with Crippen molar-refractivity contribution in [2.45, 2.75) is 25.5 Å². The van der Waals surface area contributed by atoms with E-state index in [0.29, 0.717) is 18.8 Å². The Morgan fingerprint density at radius 1 is 1.06 bits per heavy atom. The molecule has 0 N–H and O–H groups in total. The number of rotatable bonds is 7. The maximum atomic E-state index is 12.8. The number of thiophene rings is 1. The van der Waals surface area contributed by atoms with Crippen LogP contribution in [-0.2, 0) is 11.3 Å². The van der Waals surface area contributed by atoms with Gasteiger partial charge in [-0.15, -0.1) is 21.5 Å². The Morgan fingerprint density at radius 3 is 2.42 bits per heavy atom. The molecule has 4 rings (SSSR count). The number of ketones is 1. The first-order chi connectivity index (χ1) is 15.1. The van der Waals surface area contributed by atoms with Gasteiger partial charge in [0.15, 0.2) is 16.8 Å². The lowest BCUT2D eigenvalue weighted by molar-refractivity contribution is -0.128. The molecule has 1 aromatic carbocycles. The largest absolute Gasteiger partial charge is 0.368 e. The Balaban J connectivity index is 1.31. The smallest absolute Gasteiger partial charge is 0.233 e. The van der Waals surface area contributed by atoms with Crippen LogP contribution in [0.3, 0.4) is 0 Å². The van der Waals surface area contributed by atoms with Crippen molar-refractivity contribution in [1.29, 1.82) is 0 Å². The molecule has 3 heterocycles. The molecule has 7 nitrogen and oxygen atoms in total. The zero-order chi connectivity index (χ0) is 21.8. The summed E-state index contributed by atoms with van der Waals surface area (Å²) in [5, 5.41) is 11.4. The highest BCUT2D eigenvalue weighted by molar-refractivity contribution is 7.99. The second-order valence-electron chi connectivity index (χ2n) is 7.29. The highest BCUT2D eigenvalue weighted by Gasteiger charge is 2.22. The number of aromatic nitrogens is 3. The van der Waals surface area contributed by atoms with E-state index in [-0.39, 0.29) is 11.7 Å². The summed E-state index contributed by atoms with van der Waals surface area (Å²) in [7, 11) is 0. The number of anilines is 1. The maximum Gasteiger partial charge on any atom is 0.233 e. The number of carbonyl (C=O) groups excluding carboxylic acids is 2. The summed E-state index contributed by atoms with van der Waals surface area (Å²) in [6.07, 6.45) is 0. The molecule has 1 aliphatic rings. The molecule has 1 fully saturated rings. The molecular weight excluding hydrogens is 430 g/mol. The summed E-state index contributed by atoms with van der Waals surface area (Å²) in [4.78, 5) is 29.5. The maximum absolute atomic E-state index is 12.8. The molecule has 0 saturated carbocycles. The average molecular weight is 456 g/mol. The minimum atomic E-state index is 0.0703. The summed E-state index contributed by atoms with van der Waals surface area (Å²) in [6.45, 7) is 7.34. The number of hydrogen-bond acceptors (Lipinski definition) is 7. The van der Waals surface area contributed by atoms with E-state index >= 15 is 0 Å². The van der Waals surface area contributed by atoms with Gasteiger partial charge in [-0.25, -0.2) is 0 Å². The van der Waals surface area contributed by atoms with Crippen LogP contribution >= 0.6 is 23.1 Å². The second kappa shape index (κ2) is 9.65. The molecule has 162 valence electrons. The number of hydrogen-bond donors (Lipinski definition) is 0. The molecule has 0 radical (unpaired) electrons. The van der Waals surface area contributed by atoms with Gasteiger partial charge >= 0.3 is 0 Å². The van der Waals surface area contributed by atoms with Gasteiger partial charge in [0.1, 0.15) is 0 Å². The Labute approximate surface area is 190 Å². The van der Waals surface area contributed by atoms with Crippen molar-refractivity contribution >= 4 is 40.5 Å². The van der Waals surface area contributed by atoms with Gasteiger partial charge in [0.25, 0.3) is 0 Å². The van der Waals surface area contributed by atoms with Crippen molar-refractivity contribution < 1.29 is 9.59 Å². The molecule has 1 saturated heterocycles. The van der Waals surface area contributed by atoms with Gasteiger partial charge in [-0.05, 0) is 49.6 Å². The molecule has 31 heavy (non-hydrogen) atoms. The molecule has 1 aliphatic heterocycles. The molecule has 3 aromatic rings. The minimum absolute atomic E-state index is 0.0703. The number of nitrogens with zero attached hydrogens (tertiary/aromatic N) is 5. The molecule has 1 amide bonds. The van der Waals surface area contributed by atoms with Gasteiger partial charge in [0, 0.05) is 44.0 Å². The monoisotopic (exact) mass is 455 g/mol. The zero-order valence-corrected chi connectivity index (χ0v) is 19.3. The number of piperazine rings is 1. The van der Waals surface area contributed by atoms with Crippen molar-refractivity contribution in [1.82, 2.24) is 19.7 Å². The summed E-state index contributed by atoms with van der Waals surface area (Å²) in [5.74, 6) is 1.41. The summed E-state index contributed by atoms with van der Waals surface area (Å²) in [5.41, 5.74) is 1.81. The van der Waals surface area contributed by atoms with Crippen LogP contribution in [0.4, 0.5) is 5.69 Å². The van der Waals surface area contributed by atoms with E-state index in [1.54, 1.807) is 18.3 Å². The van der Waals surface area contributed by atoms with Crippen LogP contribution in [-0.4, -0.2) is 63.3 Å². The van der Waals surface area contributed by atoms with Gasteiger partial charge in [0.2, 0.25) is 5.91 Å². The topological polar surface area (TPSA) is 71.3 Å². The van der Waals surface area contributed by atoms with Crippen LogP contribution in [0.15, 0.2) is 46.9 Å². The van der Waals surface area contributed by atoms with Gasteiger partial charge in [-0.1, -0.05) is 17.8 Å². The fraction of sp³-hybridized carbons (Fsp3) is 0.364. The number of carbonyl (C=O) groups is 2. The standard InChI is InChI=1S/C22H25N5O2S2/c1-3-27-21(19-5-4-14-30-19)23-24-22(27)31-15-20(29)26-12-10-25(11-13-26)18-8-6-17(7-9-18)16(2)28/h4-9,14H,3,10-13,15H2,1-2H3. The second-order valence-corrected chi connectivity index (χ2v) is 9.18.